The van der Waals surface area contributed by atoms with Gasteiger partial charge in [-0.2, -0.15) is 0 Å². The van der Waals surface area contributed by atoms with Crippen molar-refractivity contribution in [3.8, 4) is 11.1 Å². The van der Waals surface area contributed by atoms with Crippen LogP contribution in [0.15, 0.2) is 48.5 Å². The molecule has 6 nitrogen and oxygen atoms in total. The maximum atomic E-state index is 12.4. The zero-order valence-electron chi connectivity index (χ0n) is 18.5. The summed E-state index contributed by atoms with van der Waals surface area (Å²) in [6.07, 6.45) is -0.0278. The molecule has 0 radical (unpaired) electrons. The van der Waals surface area contributed by atoms with Gasteiger partial charge in [-0.25, -0.2) is 9.59 Å². The van der Waals surface area contributed by atoms with E-state index in [1.165, 1.54) is 0 Å². The van der Waals surface area contributed by atoms with Crippen molar-refractivity contribution in [2.45, 2.75) is 56.8 Å². The lowest BCUT2D eigenvalue weighted by Crippen LogP contribution is -2.44. The van der Waals surface area contributed by atoms with Gasteiger partial charge in [0.25, 0.3) is 0 Å². The van der Waals surface area contributed by atoms with E-state index < -0.39 is 26.4 Å². The van der Waals surface area contributed by atoms with Gasteiger partial charge < -0.3 is 20.0 Å². The summed E-state index contributed by atoms with van der Waals surface area (Å²) >= 11 is 0. The standard InChI is InChI=1S/C24H31NO5Si/c1-24(2,31(3,4)29)14-13-21(22(26)27)25-23(28)30-15-20-18-11-7-5-9-16(18)17-10-6-8-12-19(17)20/h5-12,20-21,29H,13-15H2,1-4H3,(H,25,28)(H,26,27)/t21-/m0/s1. The first-order chi connectivity index (χ1) is 14.5. The third-order valence-corrected chi connectivity index (χ3v) is 10.2. The third-order valence-electron chi connectivity index (χ3n) is 6.65. The van der Waals surface area contributed by atoms with E-state index in [2.05, 4.69) is 17.4 Å². The molecule has 0 saturated carbocycles. The second kappa shape index (κ2) is 8.84. The minimum Gasteiger partial charge on any atom is -0.480 e. The number of aliphatic carboxylic acids is 1. The highest BCUT2D eigenvalue weighted by Gasteiger charge is 2.39. The number of benzene rings is 2. The average molecular weight is 442 g/mol. The minimum absolute atomic E-state index is 0.0819. The Morgan fingerprint density at radius 1 is 1.06 bits per heavy atom. The van der Waals surface area contributed by atoms with Crippen LogP contribution in [0.5, 0.6) is 0 Å². The topological polar surface area (TPSA) is 95.9 Å². The van der Waals surface area contributed by atoms with Crippen molar-refractivity contribution in [3.63, 3.8) is 0 Å². The van der Waals surface area contributed by atoms with E-state index in [0.29, 0.717) is 6.42 Å². The first-order valence-corrected chi connectivity index (χ1v) is 13.5. The highest BCUT2D eigenvalue weighted by atomic mass is 28.4. The van der Waals surface area contributed by atoms with E-state index in [-0.39, 0.29) is 24.0 Å². The van der Waals surface area contributed by atoms with Gasteiger partial charge in [0.15, 0.2) is 8.32 Å². The molecular weight excluding hydrogens is 410 g/mol. The SMILES string of the molecule is CC(C)(CC[C@H](NC(=O)OCC1c2ccccc2-c2ccccc21)C(=O)O)[Si](C)(C)O. The predicted octanol–water partition coefficient (Wildman–Crippen LogP) is 4.74. The molecule has 1 aliphatic carbocycles. The summed E-state index contributed by atoms with van der Waals surface area (Å²) in [5, 5.41) is 11.7. The quantitative estimate of drug-likeness (QED) is 0.515. The summed E-state index contributed by atoms with van der Waals surface area (Å²) in [5.74, 6) is -1.19. The van der Waals surface area contributed by atoms with Gasteiger partial charge >= 0.3 is 12.1 Å². The van der Waals surface area contributed by atoms with Crippen molar-refractivity contribution in [1.29, 1.82) is 0 Å². The number of ether oxygens (including phenoxy) is 1. The Labute approximate surface area is 184 Å². The number of hydrogen-bond donors (Lipinski definition) is 3. The number of carbonyl (C=O) groups excluding carboxylic acids is 1. The van der Waals surface area contributed by atoms with Gasteiger partial charge in [-0.3, -0.25) is 0 Å². The fourth-order valence-corrected chi connectivity index (χ4v) is 4.61. The van der Waals surface area contributed by atoms with Crippen LogP contribution in [0, 0.1) is 0 Å². The summed E-state index contributed by atoms with van der Waals surface area (Å²) in [4.78, 5) is 34.5. The van der Waals surface area contributed by atoms with Crippen LogP contribution in [0.4, 0.5) is 4.79 Å². The smallest absolute Gasteiger partial charge is 0.407 e. The number of amides is 1. The van der Waals surface area contributed by atoms with Crippen LogP contribution < -0.4 is 5.32 Å². The van der Waals surface area contributed by atoms with Crippen molar-refractivity contribution in [3.05, 3.63) is 59.7 Å². The second-order valence-electron chi connectivity index (χ2n) is 9.34. The largest absolute Gasteiger partial charge is 0.480 e. The lowest BCUT2D eigenvalue weighted by Gasteiger charge is -2.35. The molecule has 0 bridgehead atoms. The Morgan fingerprint density at radius 3 is 2.06 bits per heavy atom. The number of fused-ring (bicyclic) bond motifs is 3. The Bertz CT molecular complexity index is 921. The Kier molecular flexibility index (Phi) is 6.57. The maximum Gasteiger partial charge on any atom is 0.407 e. The van der Waals surface area contributed by atoms with Crippen LogP contribution in [0.25, 0.3) is 11.1 Å². The van der Waals surface area contributed by atoms with E-state index in [0.717, 1.165) is 22.3 Å². The molecule has 1 aliphatic rings. The summed E-state index contributed by atoms with van der Waals surface area (Å²) in [5.41, 5.74) is 4.47. The molecule has 3 N–H and O–H groups in total. The van der Waals surface area contributed by atoms with Gasteiger partial charge in [-0.1, -0.05) is 62.4 Å². The summed E-state index contributed by atoms with van der Waals surface area (Å²) in [7, 11) is -2.46. The first kappa shape index (κ1) is 23.0. The number of hydrogen-bond acceptors (Lipinski definition) is 4. The van der Waals surface area contributed by atoms with Gasteiger partial charge in [0.2, 0.25) is 0 Å². The maximum absolute atomic E-state index is 12.4. The average Bonchev–Trinajstić information content (AvgIpc) is 3.02. The molecule has 0 heterocycles. The molecule has 7 heteroatoms. The van der Waals surface area contributed by atoms with Crippen molar-refractivity contribution < 1.29 is 24.2 Å². The fraction of sp³-hybridized carbons (Fsp3) is 0.417. The van der Waals surface area contributed by atoms with E-state index >= 15 is 0 Å². The highest BCUT2D eigenvalue weighted by molar-refractivity contribution is 6.72. The lowest BCUT2D eigenvalue weighted by molar-refractivity contribution is -0.139. The number of alkyl carbamates (subject to hydrolysis) is 1. The zero-order valence-corrected chi connectivity index (χ0v) is 19.5. The molecule has 2 aromatic carbocycles. The Morgan fingerprint density at radius 2 is 1.58 bits per heavy atom. The van der Waals surface area contributed by atoms with Crippen molar-refractivity contribution >= 4 is 20.4 Å². The number of carboxylic acids is 1. The molecule has 31 heavy (non-hydrogen) atoms. The van der Waals surface area contributed by atoms with E-state index in [9.17, 15) is 19.5 Å². The first-order valence-electron chi connectivity index (χ1n) is 10.6. The number of rotatable bonds is 8. The van der Waals surface area contributed by atoms with Crippen LogP contribution >= 0.6 is 0 Å². The van der Waals surface area contributed by atoms with Crippen LogP contribution in [0.1, 0.15) is 43.7 Å². The van der Waals surface area contributed by atoms with E-state index in [1.54, 1.807) is 0 Å². The fourth-order valence-electron chi connectivity index (χ4n) is 3.85. The highest BCUT2D eigenvalue weighted by Crippen LogP contribution is 2.44. The van der Waals surface area contributed by atoms with Crippen LogP contribution in [0.3, 0.4) is 0 Å². The lowest BCUT2D eigenvalue weighted by atomic mass is 9.98. The van der Waals surface area contributed by atoms with Crippen molar-refractivity contribution in [1.82, 2.24) is 5.32 Å². The van der Waals surface area contributed by atoms with Crippen LogP contribution in [-0.2, 0) is 9.53 Å². The van der Waals surface area contributed by atoms with Gasteiger partial charge in [0.1, 0.15) is 12.6 Å². The molecule has 0 fully saturated rings. The molecule has 0 aromatic heterocycles. The van der Waals surface area contributed by atoms with Gasteiger partial charge in [0, 0.05) is 5.92 Å². The van der Waals surface area contributed by atoms with E-state index in [4.69, 9.17) is 4.74 Å². The van der Waals surface area contributed by atoms with Gasteiger partial charge in [0.05, 0.1) is 0 Å². The Hall–Kier alpha value is -2.64. The molecule has 0 unspecified atom stereocenters. The minimum atomic E-state index is -2.46. The molecule has 0 aliphatic heterocycles. The molecule has 1 atom stereocenters. The molecule has 0 saturated heterocycles. The third kappa shape index (κ3) is 4.99. The number of nitrogens with one attached hydrogen (secondary N) is 1. The van der Waals surface area contributed by atoms with Gasteiger partial charge in [-0.05, 0) is 53.2 Å². The van der Waals surface area contributed by atoms with Crippen LogP contribution in [-0.4, -0.2) is 42.9 Å². The predicted molar refractivity (Wildman–Crippen MR) is 123 cm³/mol. The van der Waals surface area contributed by atoms with Gasteiger partial charge in [-0.15, -0.1) is 0 Å². The summed E-state index contributed by atoms with van der Waals surface area (Å²) in [6.45, 7) is 7.68. The molecule has 3 rings (SSSR count). The summed E-state index contributed by atoms with van der Waals surface area (Å²) < 4.78 is 5.47. The number of carbonyl (C=O) groups is 2. The second-order valence-corrected chi connectivity index (χ2v) is 13.8. The molecule has 1 amide bonds. The number of carboxylic acid groups (broad SMARTS) is 1. The Balaban J connectivity index is 1.63. The molecule has 2 aromatic rings. The molecule has 0 spiro atoms. The normalized spacial score (nSPS) is 14.5. The van der Waals surface area contributed by atoms with E-state index in [1.807, 2.05) is 63.3 Å². The summed E-state index contributed by atoms with van der Waals surface area (Å²) in [6, 6.07) is 15.0. The van der Waals surface area contributed by atoms with Crippen molar-refractivity contribution in [2.75, 3.05) is 6.61 Å². The monoisotopic (exact) mass is 441 g/mol. The van der Waals surface area contributed by atoms with Crippen molar-refractivity contribution in [2.24, 2.45) is 0 Å². The molecule has 166 valence electrons. The zero-order chi connectivity index (χ0) is 22.8. The van der Waals surface area contributed by atoms with Crippen LogP contribution in [0.2, 0.25) is 18.1 Å². The molecular formula is C24H31NO5Si.